The Morgan fingerprint density at radius 1 is 1.07 bits per heavy atom. The molecule has 4 aliphatic rings. The Morgan fingerprint density at radius 2 is 1.83 bits per heavy atom. The van der Waals surface area contributed by atoms with Crippen LogP contribution < -0.4 is 0 Å². The van der Waals surface area contributed by atoms with Gasteiger partial charge < -0.3 is 10.2 Å². The summed E-state index contributed by atoms with van der Waals surface area (Å²) in [6.07, 6.45) is 12.7. The van der Waals surface area contributed by atoms with Crippen LogP contribution in [0.2, 0.25) is 0 Å². The van der Waals surface area contributed by atoms with Gasteiger partial charge in [0.1, 0.15) is 0 Å². The molecule has 0 aliphatic heterocycles. The van der Waals surface area contributed by atoms with E-state index >= 15 is 0 Å². The topological polar surface area (TPSA) is 40.5 Å². The van der Waals surface area contributed by atoms with Crippen LogP contribution in [-0.2, 0) is 6.42 Å². The zero-order valence-corrected chi connectivity index (χ0v) is 19.1. The maximum Gasteiger partial charge on any atom is 0.0717 e. The fourth-order valence-electron chi connectivity index (χ4n) is 8.96. The van der Waals surface area contributed by atoms with Crippen LogP contribution in [0.15, 0.2) is 42.0 Å². The van der Waals surface area contributed by atoms with E-state index in [9.17, 15) is 10.2 Å². The van der Waals surface area contributed by atoms with Crippen molar-refractivity contribution in [3.63, 3.8) is 0 Å². The molecule has 2 N–H and O–H groups in total. The van der Waals surface area contributed by atoms with Crippen LogP contribution in [0.3, 0.4) is 0 Å². The predicted octanol–water partition coefficient (Wildman–Crippen LogP) is 5.92. The molecule has 0 unspecified atom stereocenters. The van der Waals surface area contributed by atoms with Crippen molar-refractivity contribution in [3.8, 4) is 0 Å². The van der Waals surface area contributed by atoms with Crippen molar-refractivity contribution in [3.05, 3.63) is 47.5 Å². The van der Waals surface area contributed by atoms with Crippen LogP contribution >= 0.6 is 0 Å². The Hall–Kier alpha value is -1.12. The van der Waals surface area contributed by atoms with E-state index in [1.54, 1.807) is 5.57 Å². The minimum Gasteiger partial charge on any atom is -0.393 e. The molecule has 2 nitrogen and oxygen atoms in total. The van der Waals surface area contributed by atoms with Gasteiger partial charge in [0, 0.05) is 12.3 Å². The van der Waals surface area contributed by atoms with Gasteiger partial charge in [-0.05, 0) is 86.0 Å². The van der Waals surface area contributed by atoms with Gasteiger partial charge >= 0.3 is 0 Å². The highest BCUT2D eigenvalue weighted by Gasteiger charge is 2.63. The quantitative estimate of drug-likeness (QED) is 0.610. The smallest absolute Gasteiger partial charge is 0.0717 e. The summed E-state index contributed by atoms with van der Waals surface area (Å²) in [5.41, 5.74) is 2.43. The van der Waals surface area contributed by atoms with Crippen LogP contribution in [-0.4, -0.2) is 21.9 Å². The number of hydrogen-bond donors (Lipinski definition) is 2. The molecule has 3 saturated carbocycles. The van der Waals surface area contributed by atoms with Gasteiger partial charge in [0.2, 0.25) is 0 Å². The van der Waals surface area contributed by atoms with E-state index in [4.69, 9.17) is 0 Å². The summed E-state index contributed by atoms with van der Waals surface area (Å²) >= 11 is 0. The molecule has 0 radical (unpaired) electrons. The standard InChI is InChI=1S/C28H40O2/c1-26-15-8-7-11-20(26)12-13-21-22(26)14-16-27(2)23(21)17-24(29)25(27)28(3,30)18-19-9-5-4-6-10-19/h4-6,9-10,12,21-25,29-30H,7-8,11,13-18H2,1-3H3/t21-,22+,23+,24+,25+,26+,27+,28-/m1/s1. The molecule has 30 heavy (non-hydrogen) atoms. The molecule has 8 atom stereocenters. The van der Waals surface area contributed by atoms with Crippen molar-refractivity contribution >= 4 is 0 Å². The monoisotopic (exact) mass is 408 g/mol. The first-order valence-electron chi connectivity index (χ1n) is 12.4. The van der Waals surface area contributed by atoms with Gasteiger partial charge in [-0.3, -0.25) is 0 Å². The lowest BCUT2D eigenvalue weighted by atomic mass is 9.47. The SMILES string of the molecule is C[C@]12CC[C@H]3[C@@H](CC=C4CCCC[C@@]43C)[C@@H]1C[C@H](O)[C@@H]2[C@](C)(O)Cc1ccccc1. The molecule has 1 aromatic rings. The fraction of sp³-hybridized carbons (Fsp3) is 0.714. The van der Waals surface area contributed by atoms with E-state index in [0.717, 1.165) is 24.3 Å². The Morgan fingerprint density at radius 3 is 2.60 bits per heavy atom. The second-order valence-electron chi connectivity index (χ2n) is 11.8. The van der Waals surface area contributed by atoms with Gasteiger partial charge in [-0.1, -0.05) is 62.2 Å². The van der Waals surface area contributed by atoms with E-state index in [1.807, 2.05) is 25.1 Å². The summed E-state index contributed by atoms with van der Waals surface area (Å²) in [5, 5.41) is 23.0. The van der Waals surface area contributed by atoms with Crippen LogP contribution in [0.1, 0.15) is 77.7 Å². The van der Waals surface area contributed by atoms with Gasteiger partial charge in [0.05, 0.1) is 11.7 Å². The zero-order valence-electron chi connectivity index (χ0n) is 19.1. The molecule has 2 heteroatoms. The number of allylic oxidation sites excluding steroid dienone is 2. The lowest BCUT2D eigenvalue weighted by Gasteiger charge is -2.58. The highest BCUT2D eigenvalue weighted by Crippen LogP contribution is 2.67. The van der Waals surface area contributed by atoms with Gasteiger partial charge in [-0.2, -0.15) is 0 Å². The summed E-state index contributed by atoms with van der Waals surface area (Å²) in [6.45, 7) is 6.93. The number of aliphatic hydroxyl groups excluding tert-OH is 1. The van der Waals surface area contributed by atoms with Crippen molar-refractivity contribution in [1.29, 1.82) is 0 Å². The van der Waals surface area contributed by atoms with E-state index in [2.05, 4.69) is 32.1 Å². The predicted molar refractivity (Wildman–Crippen MR) is 122 cm³/mol. The van der Waals surface area contributed by atoms with Gasteiger partial charge in [0.15, 0.2) is 0 Å². The summed E-state index contributed by atoms with van der Waals surface area (Å²) < 4.78 is 0. The molecule has 1 aromatic carbocycles. The van der Waals surface area contributed by atoms with Crippen LogP contribution in [0, 0.1) is 34.5 Å². The molecular formula is C28H40O2. The van der Waals surface area contributed by atoms with Crippen LogP contribution in [0.25, 0.3) is 0 Å². The molecular weight excluding hydrogens is 368 g/mol. The number of aliphatic hydroxyl groups is 2. The zero-order chi connectivity index (χ0) is 21.1. The Bertz CT molecular complexity index is 811. The average molecular weight is 409 g/mol. The van der Waals surface area contributed by atoms with E-state index in [1.165, 1.54) is 38.5 Å². The molecule has 3 fully saturated rings. The van der Waals surface area contributed by atoms with Gasteiger partial charge in [-0.15, -0.1) is 0 Å². The molecule has 0 heterocycles. The number of fused-ring (bicyclic) bond motifs is 5. The third-order valence-electron chi connectivity index (χ3n) is 10.1. The highest BCUT2D eigenvalue weighted by molar-refractivity contribution is 5.26. The van der Waals surface area contributed by atoms with Gasteiger partial charge in [-0.25, -0.2) is 0 Å². The van der Waals surface area contributed by atoms with Crippen molar-refractivity contribution < 1.29 is 10.2 Å². The molecule has 0 spiro atoms. The van der Waals surface area contributed by atoms with Crippen molar-refractivity contribution in [2.75, 3.05) is 0 Å². The molecule has 5 rings (SSSR count). The maximum absolute atomic E-state index is 11.7. The number of rotatable bonds is 3. The largest absolute Gasteiger partial charge is 0.393 e. The summed E-state index contributed by atoms with van der Waals surface area (Å²) in [6, 6.07) is 10.3. The number of hydrogen-bond acceptors (Lipinski definition) is 2. The normalized spacial score (nSPS) is 45.0. The van der Waals surface area contributed by atoms with E-state index < -0.39 is 11.7 Å². The molecule has 0 saturated heterocycles. The highest BCUT2D eigenvalue weighted by atomic mass is 16.3. The minimum atomic E-state index is -0.887. The van der Waals surface area contributed by atoms with Crippen LogP contribution in [0.4, 0.5) is 0 Å². The first kappa shape index (κ1) is 20.8. The second-order valence-corrected chi connectivity index (χ2v) is 11.8. The number of benzene rings is 1. The molecule has 164 valence electrons. The van der Waals surface area contributed by atoms with Crippen LogP contribution in [0.5, 0.6) is 0 Å². The average Bonchev–Trinajstić information content (AvgIpc) is 2.98. The Labute approximate surface area is 182 Å². The maximum atomic E-state index is 11.7. The van der Waals surface area contributed by atoms with Gasteiger partial charge in [0.25, 0.3) is 0 Å². The van der Waals surface area contributed by atoms with Crippen molar-refractivity contribution in [1.82, 2.24) is 0 Å². The van der Waals surface area contributed by atoms with Crippen molar-refractivity contribution in [2.45, 2.75) is 90.3 Å². The molecule has 4 aliphatic carbocycles. The summed E-state index contributed by atoms with van der Waals surface area (Å²) in [5.74, 6) is 1.90. The molecule has 0 aromatic heterocycles. The lowest BCUT2D eigenvalue weighted by Crippen LogP contribution is -2.54. The first-order chi connectivity index (χ1) is 14.3. The van der Waals surface area contributed by atoms with E-state index in [0.29, 0.717) is 23.7 Å². The Kier molecular flexibility index (Phi) is 4.99. The lowest BCUT2D eigenvalue weighted by molar-refractivity contribution is -0.118. The van der Waals surface area contributed by atoms with Crippen molar-refractivity contribution in [2.24, 2.45) is 34.5 Å². The third-order valence-corrected chi connectivity index (χ3v) is 10.1. The Balaban J connectivity index is 1.45. The fourth-order valence-corrected chi connectivity index (χ4v) is 8.96. The first-order valence-corrected chi connectivity index (χ1v) is 12.4. The summed E-state index contributed by atoms with van der Waals surface area (Å²) in [4.78, 5) is 0. The third kappa shape index (κ3) is 3.05. The van der Waals surface area contributed by atoms with E-state index in [-0.39, 0.29) is 11.3 Å². The minimum absolute atomic E-state index is 0.0230. The molecule has 0 bridgehead atoms. The molecule has 0 amide bonds. The second kappa shape index (κ2) is 7.20. The summed E-state index contributed by atoms with van der Waals surface area (Å²) in [7, 11) is 0.